The Morgan fingerprint density at radius 2 is 2.00 bits per heavy atom. The monoisotopic (exact) mass is 257 g/mol. The summed E-state index contributed by atoms with van der Waals surface area (Å²) in [7, 11) is 0. The van der Waals surface area contributed by atoms with Gasteiger partial charge in [-0.05, 0) is 36.8 Å². The summed E-state index contributed by atoms with van der Waals surface area (Å²) in [6.07, 6.45) is 4.89. The molecule has 98 valence electrons. The molecule has 6 heteroatoms. The van der Waals surface area contributed by atoms with Crippen LogP contribution < -0.4 is 16.6 Å². The molecule has 2 heterocycles. The average Bonchev–Trinajstić information content (AvgIpc) is 2.48. The molecule has 0 bridgehead atoms. The molecule has 0 saturated carbocycles. The number of nitrogens with two attached hydrogens (primary N) is 1. The van der Waals surface area contributed by atoms with Crippen molar-refractivity contribution in [3.63, 3.8) is 0 Å². The molecule has 6 nitrogen and oxygen atoms in total. The minimum Gasteiger partial charge on any atom is -0.344 e. The van der Waals surface area contributed by atoms with E-state index in [2.05, 4.69) is 20.7 Å². The van der Waals surface area contributed by atoms with Gasteiger partial charge in [0.25, 0.3) is 5.91 Å². The van der Waals surface area contributed by atoms with E-state index in [9.17, 15) is 4.79 Å². The molecular formula is C13H15N5O. The van der Waals surface area contributed by atoms with E-state index in [4.69, 9.17) is 5.84 Å². The van der Waals surface area contributed by atoms with Gasteiger partial charge in [-0.15, -0.1) is 0 Å². The lowest BCUT2D eigenvalue weighted by Crippen LogP contribution is -2.27. The molecule has 4 N–H and O–H groups in total. The van der Waals surface area contributed by atoms with Crippen LogP contribution in [0.25, 0.3) is 0 Å². The normalized spacial score (nSPS) is 11.7. The lowest BCUT2D eigenvalue weighted by Gasteiger charge is -2.13. The number of hydrogen-bond donors (Lipinski definition) is 3. The van der Waals surface area contributed by atoms with Crippen molar-refractivity contribution in [2.45, 2.75) is 13.0 Å². The van der Waals surface area contributed by atoms with E-state index in [-0.39, 0.29) is 11.9 Å². The molecule has 0 radical (unpaired) electrons. The van der Waals surface area contributed by atoms with E-state index in [0.717, 1.165) is 5.56 Å². The van der Waals surface area contributed by atoms with Crippen LogP contribution >= 0.6 is 0 Å². The number of nitrogens with zero attached hydrogens (tertiary/aromatic N) is 2. The van der Waals surface area contributed by atoms with Crippen molar-refractivity contribution in [1.82, 2.24) is 15.3 Å². The third kappa shape index (κ3) is 3.26. The molecule has 2 aromatic heterocycles. The van der Waals surface area contributed by atoms with Crippen molar-refractivity contribution in [2.24, 2.45) is 5.84 Å². The molecule has 1 atom stereocenters. The maximum atomic E-state index is 12.0. The number of rotatable bonds is 4. The predicted molar refractivity (Wildman–Crippen MR) is 72.2 cm³/mol. The summed E-state index contributed by atoms with van der Waals surface area (Å²) in [4.78, 5) is 20.0. The predicted octanol–water partition coefficient (Wildman–Crippen LogP) is 1.25. The molecular weight excluding hydrogens is 242 g/mol. The number of aromatic nitrogens is 2. The van der Waals surface area contributed by atoms with Crippen LogP contribution in [0.1, 0.15) is 29.0 Å². The number of amides is 1. The highest BCUT2D eigenvalue weighted by atomic mass is 16.1. The van der Waals surface area contributed by atoms with Crippen LogP contribution in [0.2, 0.25) is 0 Å². The molecule has 0 aromatic carbocycles. The smallest absolute Gasteiger partial charge is 0.270 e. The van der Waals surface area contributed by atoms with E-state index in [1.807, 2.05) is 19.1 Å². The first-order valence-electron chi connectivity index (χ1n) is 5.84. The lowest BCUT2D eigenvalue weighted by atomic mass is 10.1. The first kappa shape index (κ1) is 13.0. The fourth-order valence-electron chi connectivity index (χ4n) is 1.62. The van der Waals surface area contributed by atoms with Crippen LogP contribution in [0.3, 0.4) is 0 Å². The number of anilines is 1. The number of pyridine rings is 2. The highest BCUT2D eigenvalue weighted by Gasteiger charge is 2.12. The van der Waals surface area contributed by atoms with Crippen LogP contribution in [0.15, 0.2) is 42.9 Å². The van der Waals surface area contributed by atoms with Crippen molar-refractivity contribution in [3.8, 4) is 0 Å². The molecule has 0 aliphatic heterocycles. The van der Waals surface area contributed by atoms with Gasteiger partial charge in [0.15, 0.2) is 0 Å². The van der Waals surface area contributed by atoms with Crippen molar-refractivity contribution in [3.05, 3.63) is 54.1 Å². The van der Waals surface area contributed by atoms with Gasteiger partial charge in [0.05, 0.1) is 17.9 Å². The van der Waals surface area contributed by atoms with Crippen molar-refractivity contribution in [2.75, 3.05) is 5.43 Å². The topological polar surface area (TPSA) is 92.9 Å². The summed E-state index contributed by atoms with van der Waals surface area (Å²) >= 11 is 0. The maximum Gasteiger partial charge on any atom is 0.270 e. The molecule has 2 aromatic rings. The van der Waals surface area contributed by atoms with E-state index in [0.29, 0.717) is 11.4 Å². The van der Waals surface area contributed by atoms with Crippen molar-refractivity contribution >= 4 is 11.6 Å². The molecule has 0 saturated heterocycles. The van der Waals surface area contributed by atoms with Gasteiger partial charge >= 0.3 is 0 Å². The Morgan fingerprint density at radius 3 is 2.58 bits per heavy atom. The van der Waals surface area contributed by atoms with Crippen molar-refractivity contribution in [1.29, 1.82) is 0 Å². The molecule has 0 spiro atoms. The first-order chi connectivity index (χ1) is 9.20. The van der Waals surface area contributed by atoms with Crippen molar-refractivity contribution < 1.29 is 4.79 Å². The Bertz CT molecular complexity index is 541. The highest BCUT2D eigenvalue weighted by Crippen LogP contribution is 2.11. The number of nitrogens with one attached hydrogen (secondary N) is 2. The Balaban J connectivity index is 2.04. The lowest BCUT2D eigenvalue weighted by molar-refractivity contribution is 0.0935. The fourth-order valence-corrected chi connectivity index (χ4v) is 1.62. The molecule has 1 amide bonds. The van der Waals surface area contributed by atoms with E-state index < -0.39 is 0 Å². The molecule has 19 heavy (non-hydrogen) atoms. The van der Waals surface area contributed by atoms with Gasteiger partial charge in [-0.3, -0.25) is 15.6 Å². The van der Waals surface area contributed by atoms with Gasteiger partial charge in [0, 0.05) is 12.4 Å². The fraction of sp³-hybridized carbons (Fsp3) is 0.154. The third-order valence-electron chi connectivity index (χ3n) is 2.72. The largest absolute Gasteiger partial charge is 0.344 e. The maximum absolute atomic E-state index is 12.0. The number of carbonyl (C=O) groups excluding carboxylic acids is 1. The van der Waals surface area contributed by atoms with E-state index in [1.54, 1.807) is 24.5 Å². The molecule has 0 aliphatic rings. The first-order valence-corrected chi connectivity index (χ1v) is 5.84. The average molecular weight is 257 g/mol. The van der Waals surface area contributed by atoms with Gasteiger partial charge in [0.2, 0.25) is 0 Å². The van der Waals surface area contributed by atoms with Gasteiger partial charge in [-0.2, -0.15) is 0 Å². The molecule has 2 rings (SSSR count). The van der Waals surface area contributed by atoms with Gasteiger partial charge < -0.3 is 10.7 Å². The zero-order valence-electron chi connectivity index (χ0n) is 10.5. The third-order valence-corrected chi connectivity index (χ3v) is 2.72. The summed E-state index contributed by atoms with van der Waals surface area (Å²) < 4.78 is 0. The SMILES string of the molecule is CC(NC(=O)c1ccc(NN)cn1)c1ccncc1. The van der Waals surface area contributed by atoms with Crippen LogP contribution in [-0.4, -0.2) is 15.9 Å². The Morgan fingerprint density at radius 1 is 1.26 bits per heavy atom. The molecule has 1 unspecified atom stereocenters. The summed E-state index contributed by atoms with van der Waals surface area (Å²) in [5.74, 6) is 5.01. The van der Waals surface area contributed by atoms with Crippen LogP contribution in [-0.2, 0) is 0 Å². The second-order valence-corrected chi connectivity index (χ2v) is 4.05. The standard InChI is InChI=1S/C13H15N5O/c1-9(10-4-6-15-7-5-10)17-13(19)12-3-2-11(18-14)8-16-12/h2-9,18H,14H2,1H3,(H,17,19). The zero-order valence-corrected chi connectivity index (χ0v) is 10.5. The zero-order chi connectivity index (χ0) is 13.7. The number of hydrazine groups is 1. The molecule has 0 aliphatic carbocycles. The van der Waals surface area contributed by atoms with E-state index in [1.165, 1.54) is 6.20 Å². The van der Waals surface area contributed by atoms with E-state index >= 15 is 0 Å². The van der Waals surface area contributed by atoms with Crippen LogP contribution in [0, 0.1) is 0 Å². The van der Waals surface area contributed by atoms with Gasteiger partial charge in [-0.25, -0.2) is 4.98 Å². The number of nitrogen functional groups attached to an aromatic ring is 1. The summed E-state index contributed by atoms with van der Waals surface area (Å²) in [6, 6.07) is 6.92. The summed E-state index contributed by atoms with van der Waals surface area (Å²) in [5, 5.41) is 2.87. The second kappa shape index (κ2) is 5.92. The Labute approximate surface area is 111 Å². The Kier molecular flexibility index (Phi) is 4.04. The van der Waals surface area contributed by atoms with Crippen LogP contribution in [0.5, 0.6) is 0 Å². The quantitative estimate of drug-likeness (QED) is 0.566. The Hall–Kier alpha value is -2.47. The summed E-state index contributed by atoms with van der Waals surface area (Å²) in [6.45, 7) is 1.91. The number of carbonyl (C=O) groups is 1. The highest BCUT2D eigenvalue weighted by molar-refractivity contribution is 5.92. The molecule has 0 fully saturated rings. The van der Waals surface area contributed by atoms with Crippen LogP contribution in [0.4, 0.5) is 5.69 Å². The minimum atomic E-state index is -0.229. The minimum absolute atomic E-state index is 0.107. The number of hydrogen-bond acceptors (Lipinski definition) is 5. The van der Waals surface area contributed by atoms with Gasteiger partial charge in [0.1, 0.15) is 5.69 Å². The second-order valence-electron chi connectivity index (χ2n) is 4.05. The summed E-state index contributed by atoms with van der Waals surface area (Å²) in [5.41, 5.74) is 4.45. The van der Waals surface area contributed by atoms with Gasteiger partial charge in [-0.1, -0.05) is 0 Å².